The minimum atomic E-state index is -0.864. The fourth-order valence-corrected chi connectivity index (χ4v) is 6.27. The van der Waals surface area contributed by atoms with Crippen molar-refractivity contribution < 1.29 is 17.6 Å². The van der Waals surface area contributed by atoms with Gasteiger partial charge in [-0.3, -0.25) is 9.80 Å². The predicted molar refractivity (Wildman–Crippen MR) is 166 cm³/mol. The second-order valence-corrected chi connectivity index (χ2v) is 11.5. The van der Waals surface area contributed by atoms with Crippen molar-refractivity contribution >= 4 is 0 Å². The van der Waals surface area contributed by atoms with Crippen molar-refractivity contribution in [2.45, 2.75) is 38.3 Å². The number of hydrogen-bond donors (Lipinski definition) is 0. The summed E-state index contributed by atoms with van der Waals surface area (Å²) in [5.74, 6) is -1.59. The van der Waals surface area contributed by atoms with E-state index in [1.165, 1.54) is 12.1 Å². The normalized spacial score (nSPS) is 17.7. The highest BCUT2D eigenvalue weighted by molar-refractivity contribution is 5.30. The summed E-state index contributed by atoms with van der Waals surface area (Å²) in [6, 6.07) is 26.4. The lowest BCUT2D eigenvalue weighted by atomic mass is 10.0. The average Bonchev–Trinajstić information content (AvgIpc) is 3.79. The van der Waals surface area contributed by atoms with E-state index in [2.05, 4.69) is 40.9 Å². The lowest BCUT2D eigenvalue weighted by Crippen LogP contribution is -2.39. The zero-order valence-corrected chi connectivity index (χ0v) is 25.6. The van der Waals surface area contributed by atoms with Gasteiger partial charge in [-0.2, -0.15) is 0 Å². The van der Waals surface area contributed by atoms with Crippen molar-refractivity contribution in [3.63, 3.8) is 0 Å². The molecule has 10 nitrogen and oxygen atoms in total. The van der Waals surface area contributed by atoms with E-state index < -0.39 is 35.4 Å². The number of aromatic nitrogens is 8. The van der Waals surface area contributed by atoms with Crippen LogP contribution in [-0.2, 0) is 26.2 Å². The van der Waals surface area contributed by atoms with Gasteiger partial charge in [-0.15, -0.1) is 10.2 Å². The zero-order chi connectivity index (χ0) is 33.0. The first kappa shape index (κ1) is 31.3. The molecular weight excluding hydrogens is 624 g/mol. The molecule has 2 aliphatic rings. The molecule has 0 saturated heterocycles. The Morgan fingerprint density at radius 1 is 0.542 bits per heavy atom. The first-order valence-corrected chi connectivity index (χ1v) is 15.4. The van der Waals surface area contributed by atoms with E-state index in [0.717, 1.165) is 29.3 Å². The summed E-state index contributed by atoms with van der Waals surface area (Å²) >= 11 is 0. The van der Waals surface area contributed by atoms with Gasteiger partial charge in [0, 0.05) is 37.3 Å². The minimum absolute atomic E-state index is 0.252. The molecule has 2 unspecified atom stereocenters. The quantitative estimate of drug-likeness (QED) is 0.229. The number of benzene rings is 4. The van der Waals surface area contributed by atoms with E-state index in [1.54, 1.807) is 15.4 Å². The van der Waals surface area contributed by atoms with E-state index in [-0.39, 0.29) is 11.1 Å². The van der Waals surface area contributed by atoms with Crippen LogP contribution in [0.15, 0.2) is 97.1 Å². The molecule has 244 valence electrons. The van der Waals surface area contributed by atoms with Crippen molar-refractivity contribution in [1.82, 2.24) is 50.2 Å². The number of nitrogens with zero attached hydrogens (tertiary/aromatic N) is 10. The molecule has 0 spiro atoms. The van der Waals surface area contributed by atoms with Gasteiger partial charge < -0.3 is 0 Å². The first-order chi connectivity index (χ1) is 23.5. The van der Waals surface area contributed by atoms with Gasteiger partial charge in [0.25, 0.3) is 0 Å². The molecule has 48 heavy (non-hydrogen) atoms. The topological polar surface area (TPSA) is 93.7 Å². The summed E-state index contributed by atoms with van der Waals surface area (Å²) in [6.45, 7) is 3.73. The molecule has 4 aromatic carbocycles. The van der Waals surface area contributed by atoms with Gasteiger partial charge in [-0.1, -0.05) is 72.8 Å². The predicted octanol–water partition coefficient (Wildman–Crippen LogP) is 5.11. The number of rotatable bonds is 6. The van der Waals surface area contributed by atoms with Gasteiger partial charge in [0.1, 0.15) is 23.7 Å². The van der Waals surface area contributed by atoms with Gasteiger partial charge in [-0.25, -0.2) is 26.9 Å². The first-order valence-electron chi connectivity index (χ1n) is 15.4. The van der Waals surface area contributed by atoms with Crippen LogP contribution in [0.2, 0.25) is 0 Å². The third-order valence-electron chi connectivity index (χ3n) is 8.52. The molecule has 14 heteroatoms. The maximum Gasteiger partial charge on any atom is 0.173 e. The van der Waals surface area contributed by atoms with Crippen LogP contribution >= 0.6 is 0 Å². The van der Waals surface area contributed by atoms with Gasteiger partial charge >= 0.3 is 0 Å². The van der Waals surface area contributed by atoms with Crippen molar-refractivity contribution in [1.29, 1.82) is 0 Å². The van der Waals surface area contributed by atoms with Crippen LogP contribution in [0.4, 0.5) is 17.6 Å². The lowest BCUT2D eigenvalue weighted by Gasteiger charge is -2.35. The zero-order valence-electron chi connectivity index (χ0n) is 25.6. The van der Waals surface area contributed by atoms with E-state index in [9.17, 15) is 17.6 Å². The van der Waals surface area contributed by atoms with Crippen LogP contribution in [0.1, 0.15) is 46.0 Å². The van der Waals surface area contributed by atoms with Crippen molar-refractivity contribution in [2.24, 2.45) is 0 Å². The number of tetrazole rings is 2. The molecule has 8 rings (SSSR count). The molecule has 0 N–H and O–H groups in total. The fourth-order valence-electron chi connectivity index (χ4n) is 6.27. The molecule has 0 fully saturated rings. The Morgan fingerprint density at radius 3 is 1.65 bits per heavy atom. The Bertz CT molecular complexity index is 1890. The van der Waals surface area contributed by atoms with Crippen LogP contribution < -0.4 is 0 Å². The van der Waals surface area contributed by atoms with Crippen molar-refractivity contribution in [2.75, 3.05) is 13.1 Å². The minimum Gasteiger partial charge on any atom is -0.283 e. The van der Waals surface area contributed by atoms with Crippen LogP contribution in [0.25, 0.3) is 0 Å². The molecule has 0 amide bonds. The van der Waals surface area contributed by atoms with Crippen LogP contribution in [0.5, 0.6) is 0 Å². The summed E-state index contributed by atoms with van der Waals surface area (Å²) in [4.78, 5) is 4.14. The second-order valence-electron chi connectivity index (χ2n) is 11.5. The van der Waals surface area contributed by atoms with Gasteiger partial charge in [-0.05, 0) is 56.2 Å². The fraction of sp³-hybridized carbons (Fsp3) is 0.235. The summed E-state index contributed by atoms with van der Waals surface area (Å²) in [5, 5.41) is 23.4. The smallest absolute Gasteiger partial charge is 0.173 e. The molecule has 2 aliphatic heterocycles. The largest absolute Gasteiger partial charge is 0.283 e. The number of halogens is 4. The molecule has 2 aromatic heterocycles. The van der Waals surface area contributed by atoms with Gasteiger partial charge in [0.2, 0.25) is 0 Å². The molecule has 0 saturated carbocycles. The summed E-state index contributed by atoms with van der Waals surface area (Å²) < 4.78 is 59.6. The maximum absolute atomic E-state index is 14.4. The molecule has 4 heterocycles. The Hall–Kier alpha value is -5.34. The van der Waals surface area contributed by atoms with E-state index in [1.807, 2.05) is 60.7 Å². The Balaban J connectivity index is 0.000000152. The van der Waals surface area contributed by atoms with E-state index >= 15 is 0 Å². The van der Waals surface area contributed by atoms with Crippen LogP contribution in [0.3, 0.4) is 0 Å². The highest BCUT2D eigenvalue weighted by Crippen LogP contribution is 2.34. The number of hydrogen-bond acceptors (Lipinski definition) is 8. The van der Waals surface area contributed by atoms with Crippen LogP contribution in [-0.4, -0.2) is 63.3 Å². The second kappa shape index (κ2) is 13.8. The Morgan fingerprint density at radius 2 is 1.08 bits per heavy atom. The highest BCUT2D eigenvalue weighted by atomic mass is 19.2. The Kier molecular flexibility index (Phi) is 8.99. The SMILES string of the molecule is Fc1ccc(F)c(C2c3nnnn3CCN2Cc2ccccc2)c1.Fc1cccc(C2c3nnnn3CCN2Cc2ccccc2)c1F. The average molecular weight is 655 g/mol. The molecular formula is C34H30F4N10. The van der Waals surface area contributed by atoms with Crippen molar-refractivity contribution in [3.8, 4) is 0 Å². The summed E-state index contributed by atoms with van der Waals surface area (Å²) in [7, 11) is 0. The van der Waals surface area contributed by atoms with Gasteiger partial charge in [0.15, 0.2) is 23.3 Å². The summed E-state index contributed by atoms with van der Waals surface area (Å²) in [6.07, 6.45) is 0. The van der Waals surface area contributed by atoms with Crippen molar-refractivity contribution in [3.05, 3.63) is 154 Å². The highest BCUT2D eigenvalue weighted by Gasteiger charge is 2.35. The maximum atomic E-state index is 14.4. The number of fused-ring (bicyclic) bond motifs is 2. The third-order valence-corrected chi connectivity index (χ3v) is 8.52. The molecule has 0 bridgehead atoms. The lowest BCUT2D eigenvalue weighted by molar-refractivity contribution is 0.160. The molecule has 0 aliphatic carbocycles. The molecule has 2 atom stereocenters. The standard InChI is InChI=1S/2C17H15F2N5/c18-14-8-4-7-13(15(14)19)16-17-20-21-22-24(17)10-9-23(16)11-12-5-2-1-3-6-12;18-13-6-7-15(19)14(10-13)16-17-20-21-22-24(17)9-8-23(16)11-12-4-2-1-3-5-12/h1-8,16H,9-11H2;1-7,10,16H,8-9,11H2. The van der Waals surface area contributed by atoms with Gasteiger partial charge in [0.05, 0.1) is 13.1 Å². The van der Waals surface area contributed by atoms with E-state index in [0.29, 0.717) is 50.9 Å². The van der Waals surface area contributed by atoms with E-state index in [4.69, 9.17) is 0 Å². The summed E-state index contributed by atoms with van der Waals surface area (Å²) in [5.41, 5.74) is 2.70. The molecule has 6 aromatic rings. The Labute approximate surface area is 273 Å². The third kappa shape index (κ3) is 6.44. The monoisotopic (exact) mass is 654 g/mol. The molecule has 0 radical (unpaired) electrons. The van der Waals surface area contributed by atoms with Crippen LogP contribution in [0, 0.1) is 23.3 Å².